The first kappa shape index (κ1) is 14.9. The predicted octanol–water partition coefficient (Wildman–Crippen LogP) is 3.41. The van der Waals surface area contributed by atoms with Crippen molar-refractivity contribution in [2.24, 2.45) is 5.92 Å². The summed E-state index contributed by atoms with van der Waals surface area (Å²) in [5, 5.41) is 2.84. The van der Waals surface area contributed by atoms with Gasteiger partial charge in [-0.3, -0.25) is 4.79 Å². The fourth-order valence-corrected chi connectivity index (χ4v) is 2.28. The maximum absolute atomic E-state index is 12.0. The topological polar surface area (TPSA) is 38.3 Å². The lowest BCUT2D eigenvalue weighted by Gasteiger charge is -2.14. The summed E-state index contributed by atoms with van der Waals surface area (Å²) in [6, 6.07) is 7.44. The van der Waals surface area contributed by atoms with E-state index in [1.54, 1.807) is 18.9 Å². The van der Waals surface area contributed by atoms with Crippen molar-refractivity contribution in [1.29, 1.82) is 0 Å². The number of benzene rings is 1. The van der Waals surface area contributed by atoms with Gasteiger partial charge in [-0.1, -0.05) is 26.0 Å². The maximum Gasteiger partial charge on any atom is 0.237 e. The lowest BCUT2D eigenvalue weighted by molar-refractivity contribution is -0.115. The van der Waals surface area contributed by atoms with Gasteiger partial charge in [0.2, 0.25) is 5.91 Å². The Bertz CT molecular complexity index is 393. The highest BCUT2D eigenvalue weighted by atomic mass is 32.2. The highest BCUT2D eigenvalue weighted by Gasteiger charge is 2.15. The van der Waals surface area contributed by atoms with E-state index in [1.165, 1.54) is 0 Å². The molecule has 0 aliphatic rings. The average molecular weight is 267 g/mol. The van der Waals surface area contributed by atoms with Crippen LogP contribution in [0.1, 0.15) is 20.8 Å². The van der Waals surface area contributed by atoms with Crippen LogP contribution >= 0.6 is 11.8 Å². The summed E-state index contributed by atoms with van der Waals surface area (Å²) in [4.78, 5) is 12.0. The van der Waals surface area contributed by atoms with Crippen LogP contribution in [0.25, 0.3) is 0 Å². The molecule has 18 heavy (non-hydrogen) atoms. The Morgan fingerprint density at radius 2 is 2.00 bits per heavy atom. The van der Waals surface area contributed by atoms with Crippen molar-refractivity contribution in [2.75, 3.05) is 18.2 Å². The molecule has 4 heteroatoms. The quantitative estimate of drug-likeness (QED) is 0.858. The van der Waals surface area contributed by atoms with Gasteiger partial charge in [0.25, 0.3) is 0 Å². The van der Waals surface area contributed by atoms with Crippen LogP contribution in [0.2, 0.25) is 0 Å². The van der Waals surface area contributed by atoms with Crippen molar-refractivity contribution >= 4 is 23.4 Å². The normalized spacial score (nSPS) is 12.3. The molecular weight excluding hydrogens is 246 g/mol. The zero-order valence-corrected chi connectivity index (χ0v) is 12.2. The molecule has 0 bridgehead atoms. The van der Waals surface area contributed by atoms with Crippen LogP contribution in [0.15, 0.2) is 24.3 Å². The van der Waals surface area contributed by atoms with Gasteiger partial charge in [0.15, 0.2) is 0 Å². The number of ether oxygens (including phenoxy) is 1. The Labute approximate surface area is 113 Å². The van der Waals surface area contributed by atoms with Crippen LogP contribution in [0.5, 0.6) is 5.75 Å². The van der Waals surface area contributed by atoms with Crippen molar-refractivity contribution in [3.8, 4) is 5.75 Å². The largest absolute Gasteiger partial charge is 0.495 e. The molecule has 1 unspecified atom stereocenters. The van der Waals surface area contributed by atoms with Gasteiger partial charge in [-0.25, -0.2) is 0 Å². The zero-order chi connectivity index (χ0) is 13.5. The molecule has 1 amide bonds. The monoisotopic (exact) mass is 267 g/mol. The fraction of sp³-hybridized carbons (Fsp3) is 0.500. The molecule has 100 valence electrons. The van der Waals surface area contributed by atoms with E-state index in [4.69, 9.17) is 4.74 Å². The highest BCUT2D eigenvalue weighted by Crippen LogP contribution is 2.24. The number of para-hydroxylation sites is 2. The van der Waals surface area contributed by atoms with E-state index < -0.39 is 0 Å². The van der Waals surface area contributed by atoms with Crippen molar-refractivity contribution in [1.82, 2.24) is 0 Å². The Morgan fingerprint density at radius 3 is 2.61 bits per heavy atom. The summed E-state index contributed by atoms with van der Waals surface area (Å²) in [7, 11) is 1.60. The standard InChI is InChI=1S/C14H21NO2S/c1-10(2)9-18-11(3)14(16)15-12-7-5-6-8-13(12)17-4/h5-8,10-11H,9H2,1-4H3,(H,15,16). The molecule has 0 radical (unpaired) electrons. The first-order valence-corrected chi connectivity index (χ1v) is 7.15. The van der Waals surface area contributed by atoms with E-state index in [9.17, 15) is 4.79 Å². The Morgan fingerprint density at radius 1 is 1.33 bits per heavy atom. The molecule has 0 saturated carbocycles. The molecule has 0 heterocycles. The van der Waals surface area contributed by atoms with Crippen LogP contribution in [-0.4, -0.2) is 24.0 Å². The minimum Gasteiger partial charge on any atom is -0.495 e. The summed E-state index contributed by atoms with van der Waals surface area (Å²) in [5.74, 6) is 2.29. The van der Waals surface area contributed by atoms with Crippen LogP contribution in [0, 0.1) is 5.92 Å². The molecule has 1 aromatic carbocycles. The van der Waals surface area contributed by atoms with E-state index >= 15 is 0 Å². The molecule has 0 saturated heterocycles. The number of amides is 1. The maximum atomic E-state index is 12.0. The SMILES string of the molecule is COc1ccccc1NC(=O)C(C)SCC(C)C. The lowest BCUT2D eigenvalue weighted by atomic mass is 10.3. The predicted molar refractivity (Wildman–Crippen MR) is 78.4 cm³/mol. The Balaban J connectivity index is 2.58. The molecule has 0 aliphatic heterocycles. The third kappa shape index (κ3) is 4.61. The Hall–Kier alpha value is -1.16. The molecule has 1 N–H and O–H groups in total. The van der Waals surface area contributed by atoms with Gasteiger partial charge in [0.05, 0.1) is 18.0 Å². The van der Waals surface area contributed by atoms with Gasteiger partial charge < -0.3 is 10.1 Å². The van der Waals surface area contributed by atoms with Gasteiger partial charge >= 0.3 is 0 Å². The molecule has 0 aliphatic carbocycles. The third-order valence-corrected chi connectivity index (χ3v) is 3.99. The number of nitrogens with one attached hydrogen (secondary N) is 1. The molecule has 1 rings (SSSR count). The van der Waals surface area contributed by atoms with E-state index in [-0.39, 0.29) is 11.2 Å². The van der Waals surface area contributed by atoms with Crippen LogP contribution in [-0.2, 0) is 4.79 Å². The lowest BCUT2D eigenvalue weighted by Crippen LogP contribution is -2.23. The summed E-state index contributed by atoms with van der Waals surface area (Å²) in [6.07, 6.45) is 0. The first-order chi connectivity index (χ1) is 8.54. The summed E-state index contributed by atoms with van der Waals surface area (Å²) in [5.41, 5.74) is 0.724. The third-order valence-electron chi connectivity index (χ3n) is 2.41. The minimum absolute atomic E-state index is 0.0187. The van der Waals surface area contributed by atoms with Crippen LogP contribution in [0.3, 0.4) is 0 Å². The van der Waals surface area contributed by atoms with Gasteiger partial charge in [0.1, 0.15) is 5.75 Å². The molecule has 1 aromatic rings. The molecular formula is C14H21NO2S. The fourth-order valence-electron chi connectivity index (χ4n) is 1.39. The van der Waals surface area contributed by atoms with E-state index in [2.05, 4.69) is 19.2 Å². The zero-order valence-electron chi connectivity index (χ0n) is 11.4. The number of anilines is 1. The first-order valence-electron chi connectivity index (χ1n) is 6.10. The second-order valence-electron chi connectivity index (χ2n) is 4.56. The number of thioether (sulfide) groups is 1. The molecule has 0 spiro atoms. The average Bonchev–Trinajstić information content (AvgIpc) is 2.36. The van der Waals surface area contributed by atoms with Crippen molar-refractivity contribution in [3.63, 3.8) is 0 Å². The van der Waals surface area contributed by atoms with Gasteiger partial charge in [-0.2, -0.15) is 0 Å². The van der Waals surface area contributed by atoms with Crippen molar-refractivity contribution in [2.45, 2.75) is 26.0 Å². The van der Waals surface area contributed by atoms with Crippen molar-refractivity contribution in [3.05, 3.63) is 24.3 Å². The molecule has 3 nitrogen and oxygen atoms in total. The van der Waals surface area contributed by atoms with Gasteiger partial charge in [-0.05, 0) is 30.7 Å². The van der Waals surface area contributed by atoms with E-state index in [1.807, 2.05) is 31.2 Å². The molecule has 0 fully saturated rings. The van der Waals surface area contributed by atoms with Crippen molar-refractivity contribution < 1.29 is 9.53 Å². The minimum atomic E-state index is -0.0580. The summed E-state index contributed by atoms with van der Waals surface area (Å²) >= 11 is 1.67. The summed E-state index contributed by atoms with van der Waals surface area (Å²) in [6.45, 7) is 6.23. The second-order valence-corrected chi connectivity index (χ2v) is 5.93. The van der Waals surface area contributed by atoms with E-state index in [0.29, 0.717) is 11.7 Å². The molecule has 1 atom stereocenters. The number of methoxy groups -OCH3 is 1. The number of hydrogen-bond donors (Lipinski definition) is 1. The van der Waals surface area contributed by atoms with Crippen LogP contribution in [0.4, 0.5) is 5.69 Å². The van der Waals surface area contributed by atoms with Crippen LogP contribution < -0.4 is 10.1 Å². The highest BCUT2D eigenvalue weighted by molar-refractivity contribution is 8.00. The van der Waals surface area contributed by atoms with E-state index in [0.717, 1.165) is 11.4 Å². The number of carbonyl (C=O) groups is 1. The smallest absolute Gasteiger partial charge is 0.237 e. The van der Waals surface area contributed by atoms with Gasteiger partial charge in [-0.15, -0.1) is 11.8 Å². The second kappa shape index (κ2) is 7.31. The molecule has 0 aromatic heterocycles. The Kier molecular flexibility index (Phi) is 6.05. The van der Waals surface area contributed by atoms with Gasteiger partial charge in [0, 0.05) is 0 Å². The number of rotatable bonds is 6. The summed E-state index contributed by atoms with van der Waals surface area (Å²) < 4.78 is 5.20. The number of carbonyl (C=O) groups excluding carboxylic acids is 1. The number of hydrogen-bond acceptors (Lipinski definition) is 3.